The number of carbonyl (C=O) groups is 3. The lowest BCUT2D eigenvalue weighted by Crippen LogP contribution is -2.46. The minimum absolute atomic E-state index is 0.0506. The van der Waals surface area contributed by atoms with E-state index in [0.717, 1.165) is 5.56 Å². The van der Waals surface area contributed by atoms with Crippen molar-refractivity contribution in [1.29, 1.82) is 5.41 Å². The van der Waals surface area contributed by atoms with Crippen molar-refractivity contribution in [2.24, 2.45) is 21.6 Å². The van der Waals surface area contributed by atoms with Crippen LogP contribution in [0, 0.1) is 16.2 Å². The summed E-state index contributed by atoms with van der Waals surface area (Å²) in [7, 11) is 3.39. The Balaban J connectivity index is 1.37. The van der Waals surface area contributed by atoms with Gasteiger partial charge in [0.15, 0.2) is 5.84 Å². The quantitative estimate of drug-likeness (QED) is 0.401. The van der Waals surface area contributed by atoms with Crippen LogP contribution in [0.1, 0.15) is 42.4 Å². The number of aliphatic imine (C=N–C) groups is 1. The smallest absolute Gasteiger partial charge is 0.234 e. The molecule has 198 valence electrons. The number of nitrogens with one attached hydrogen (secondary N) is 2. The Morgan fingerprint density at radius 3 is 2.39 bits per heavy atom. The number of hydrogen-bond donors (Lipinski definition) is 4. The van der Waals surface area contributed by atoms with E-state index in [1.807, 2.05) is 6.07 Å². The van der Waals surface area contributed by atoms with Crippen LogP contribution in [0.5, 0.6) is 0 Å². The molecule has 2 aliphatic carbocycles. The molecule has 2 aromatic carbocycles. The first-order valence-corrected chi connectivity index (χ1v) is 12.7. The van der Waals surface area contributed by atoms with Gasteiger partial charge < -0.3 is 26.0 Å². The van der Waals surface area contributed by atoms with Crippen molar-refractivity contribution in [3.8, 4) is 0 Å². The van der Waals surface area contributed by atoms with Crippen LogP contribution in [0.3, 0.4) is 0 Å². The van der Waals surface area contributed by atoms with Gasteiger partial charge in [-0.05, 0) is 61.6 Å². The highest BCUT2D eigenvalue weighted by Gasteiger charge is 2.73. The predicted octanol–water partition coefficient (Wildman–Crippen LogP) is 1.89. The Morgan fingerprint density at radius 1 is 1.05 bits per heavy atom. The van der Waals surface area contributed by atoms with Gasteiger partial charge in [-0.2, -0.15) is 0 Å². The van der Waals surface area contributed by atoms with Crippen molar-refractivity contribution in [2.45, 2.75) is 32.1 Å². The summed E-state index contributed by atoms with van der Waals surface area (Å²) in [4.78, 5) is 46.9. The summed E-state index contributed by atoms with van der Waals surface area (Å²) in [5.74, 6) is -0.102. The zero-order valence-corrected chi connectivity index (χ0v) is 21.6. The highest BCUT2D eigenvalue weighted by molar-refractivity contribution is 6.21. The molecule has 0 spiro atoms. The molecule has 2 fully saturated rings. The molecule has 0 aromatic heterocycles. The van der Waals surface area contributed by atoms with E-state index in [9.17, 15) is 19.5 Å². The second kappa shape index (κ2) is 9.36. The van der Waals surface area contributed by atoms with Crippen LogP contribution in [0.25, 0.3) is 0 Å². The maximum atomic E-state index is 14.0. The largest absolute Gasteiger partial charge is 0.395 e. The van der Waals surface area contributed by atoms with Gasteiger partial charge in [0.2, 0.25) is 17.7 Å². The summed E-state index contributed by atoms with van der Waals surface area (Å²) in [6.07, 6.45) is 2.60. The van der Waals surface area contributed by atoms with Crippen LogP contribution >= 0.6 is 0 Å². The van der Waals surface area contributed by atoms with Gasteiger partial charge >= 0.3 is 0 Å². The third kappa shape index (κ3) is 4.24. The Bertz CT molecular complexity index is 1370. The summed E-state index contributed by atoms with van der Waals surface area (Å²) < 4.78 is 0. The number of hydrogen-bond acceptors (Lipinski definition) is 6. The number of aliphatic hydroxyl groups is 1. The molecule has 2 saturated carbocycles. The average molecular weight is 517 g/mol. The first-order valence-electron chi connectivity index (χ1n) is 12.7. The fourth-order valence-corrected chi connectivity index (χ4v) is 5.48. The molecule has 38 heavy (non-hydrogen) atoms. The zero-order chi connectivity index (χ0) is 27.2. The van der Waals surface area contributed by atoms with E-state index in [1.54, 1.807) is 55.4 Å². The fraction of sp³-hybridized carbons (Fsp3) is 0.393. The van der Waals surface area contributed by atoms with Crippen molar-refractivity contribution in [2.75, 3.05) is 37.5 Å². The zero-order valence-electron chi connectivity index (χ0n) is 21.6. The SMILES string of the molecule is CN(C)C(=O)Cc1cccc(N(CCO)C(=O)C2(C3(C(=O)Nc4ccc5c(c4)C(=N)N=C5N)CC3)CC2)c1. The molecule has 0 bridgehead atoms. The maximum Gasteiger partial charge on any atom is 0.234 e. The van der Waals surface area contributed by atoms with Crippen LogP contribution in [-0.4, -0.2) is 66.6 Å². The molecular formula is C28H32N6O4. The van der Waals surface area contributed by atoms with E-state index in [-0.39, 0.29) is 49.0 Å². The van der Waals surface area contributed by atoms with Gasteiger partial charge in [-0.3, -0.25) is 19.8 Å². The summed E-state index contributed by atoms with van der Waals surface area (Å²) in [5, 5.41) is 20.8. The molecule has 3 amide bonds. The van der Waals surface area contributed by atoms with Gasteiger partial charge in [0.1, 0.15) is 5.84 Å². The van der Waals surface area contributed by atoms with Gasteiger partial charge in [-0.25, -0.2) is 4.99 Å². The van der Waals surface area contributed by atoms with E-state index in [1.165, 1.54) is 4.90 Å². The Labute approximate surface area is 221 Å². The number of likely N-dealkylation sites (N-methyl/N-ethyl adjacent to an activating group) is 1. The number of fused-ring (bicyclic) bond motifs is 1. The van der Waals surface area contributed by atoms with Crippen LogP contribution in [0.15, 0.2) is 47.5 Å². The lowest BCUT2D eigenvalue weighted by Gasteiger charge is -2.32. The minimum atomic E-state index is -0.835. The van der Waals surface area contributed by atoms with Crippen LogP contribution < -0.4 is 16.0 Å². The molecule has 10 nitrogen and oxygen atoms in total. The monoisotopic (exact) mass is 516 g/mol. The number of carbonyl (C=O) groups excluding carboxylic acids is 3. The average Bonchev–Trinajstić information content (AvgIpc) is 3.80. The Hall–Kier alpha value is -4.05. The Kier molecular flexibility index (Phi) is 6.30. The van der Waals surface area contributed by atoms with Crippen molar-refractivity contribution < 1.29 is 19.5 Å². The van der Waals surface area contributed by atoms with E-state index >= 15 is 0 Å². The van der Waals surface area contributed by atoms with E-state index < -0.39 is 10.8 Å². The third-order valence-corrected chi connectivity index (χ3v) is 7.95. The van der Waals surface area contributed by atoms with Crippen molar-refractivity contribution in [1.82, 2.24) is 4.90 Å². The number of nitrogens with two attached hydrogens (primary N) is 1. The molecule has 0 unspecified atom stereocenters. The number of aliphatic hydroxyl groups excluding tert-OH is 1. The maximum absolute atomic E-state index is 14.0. The van der Waals surface area contributed by atoms with E-state index in [2.05, 4.69) is 10.3 Å². The number of anilines is 2. The van der Waals surface area contributed by atoms with Gasteiger partial charge in [0.25, 0.3) is 0 Å². The number of amides is 3. The molecule has 0 radical (unpaired) electrons. The van der Waals surface area contributed by atoms with Crippen molar-refractivity contribution >= 4 is 40.8 Å². The van der Waals surface area contributed by atoms with E-state index in [4.69, 9.17) is 11.1 Å². The summed E-state index contributed by atoms with van der Waals surface area (Å²) >= 11 is 0. The summed E-state index contributed by atoms with van der Waals surface area (Å²) in [6.45, 7) is -0.133. The first kappa shape index (κ1) is 25.6. The normalized spacial score (nSPS) is 17.8. The highest BCUT2D eigenvalue weighted by Crippen LogP contribution is 2.71. The molecule has 1 aliphatic heterocycles. The number of rotatable bonds is 9. The van der Waals surface area contributed by atoms with Crippen LogP contribution in [0.2, 0.25) is 0 Å². The predicted molar refractivity (Wildman–Crippen MR) is 144 cm³/mol. The van der Waals surface area contributed by atoms with Crippen molar-refractivity contribution in [3.05, 3.63) is 59.2 Å². The Morgan fingerprint density at radius 2 is 1.76 bits per heavy atom. The molecule has 3 aliphatic rings. The number of nitrogens with zero attached hydrogens (tertiary/aromatic N) is 3. The molecule has 2 aromatic rings. The van der Waals surface area contributed by atoms with Crippen molar-refractivity contribution in [3.63, 3.8) is 0 Å². The van der Waals surface area contributed by atoms with Crippen LogP contribution in [0.4, 0.5) is 11.4 Å². The van der Waals surface area contributed by atoms with Crippen LogP contribution in [-0.2, 0) is 20.8 Å². The summed E-state index contributed by atoms with van der Waals surface area (Å²) in [6, 6.07) is 12.4. The van der Waals surface area contributed by atoms with Gasteiger partial charge in [0.05, 0.1) is 23.9 Å². The number of benzene rings is 2. The molecule has 0 saturated heterocycles. The van der Waals surface area contributed by atoms with Gasteiger partial charge in [-0.15, -0.1) is 0 Å². The standard InChI is InChI=1S/C28H32N6O4/c1-33(2)22(36)15-17-4-3-5-19(14-17)34(12-13-35)26(38)28(10-11-28)27(8-9-27)25(37)31-18-6-7-20-21(16-18)24(30)32-23(20)29/h3-7,14,16,35H,8-13,15H2,1-2H3,(H,31,37)(H3,29,30,32). The highest BCUT2D eigenvalue weighted by atomic mass is 16.3. The topological polar surface area (TPSA) is 152 Å². The molecule has 5 rings (SSSR count). The lowest BCUT2D eigenvalue weighted by molar-refractivity contribution is -0.134. The number of amidine groups is 2. The molecule has 0 atom stereocenters. The molecular weight excluding hydrogens is 484 g/mol. The third-order valence-electron chi connectivity index (χ3n) is 7.95. The van der Waals surface area contributed by atoms with Gasteiger partial charge in [-0.1, -0.05) is 12.1 Å². The second-order valence-electron chi connectivity index (χ2n) is 10.5. The van der Waals surface area contributed by atoms with E-state index in [0.29, 0.717) is 48.2 Å². The molecule has 1 heterocycles. The lowest BCUT2D eigenvalue weighted by atomic mass is 9.82. The summed E-state index contributed by atoms with van der Waals surface area (Å²) in [5.41, 5.74) is 7.33. The molecule has 5 N–H and O–H groups in total. The molecule has 10 heteroatoms. The minimum Gasteiger partial charge on any atom is -0.395 e. The second-order valence-corrected chi connectivity index (χ2v) is 10.5. The first-order chi connectivity index (χ1) is 18.1. The fourth-order valence-electron chi connectivity index (χ4n) is 5.48. The van der Waals surface area contributed by atoms with Gasteiger partial charge in [0, 0.05) is 43.1 Å².